The van der Waals surface area contributed by atoms with Crippen LogP contribution in [-0.2, 0) is 0 Å². The Hall–Kier alpha value is -2.27. The number of hydrogen-bond acceptors (Lipinski definition) is 3. The summed E-state index contributed by atoms with van der Waals surface area (Å²) in [6.07, 6.45) is 3.51. The van der Waals surface area contributed by atoms with Crippen LogP contribution in [0.15, 0.2) is 36.7 Å². The number of aromatic amines is 1. The molecule has 4 nitrogen and oxygen atoms in total. The Balaban J connectivity index is 2.30. The molecular weight excluding hydrogens is 280 g/mol. The van der Waals surface area contributed by atoms with E-state index in [1.165, 1.54) is 16.7 Å². The molecule has 3 aromatic rings. The summed E-state index contributed by atoms with van der Waals surface area (Å²) in [5.41, 5.74) is 5.68. The molecule has 0 fully saturated rings. The highest BCUT2D eigenvalue weighted by Crippen LogP contribution is 2.26. The molecule has 106 valence electrons. The van der Waals surface area contributed by atoms with E-state index in [1.54, 1.807) is 12.4 Å². The van der Waals surface area contributed by atoms with Gasteiger partial charge in [0.1, 0.15) is 0 Å². The fourth-order valence-electron chi connectivity index (χ4n) is 2.72. The van der Waals surface area contributed by atoms with Crippen LogP contribution in [0.5, 0.6) is 0 Å². The Morgan fingerprint density at radius 1 is 1.05 bits per heavy atom. The zero-order chi connectivity index (χ0) is 15.0. The molecule has 0 aliphatic heterocycles. The fraction of sp³-hybridized carbons (Fsp3) is 0.188. The van der Waals surface area contributed by atoms with Crippen LogP contribution in [0, 0.1) is 25.5 Å². The van der Waals surface area contributed by atoms with Crippen LogP contribution in [0.4, 0.5) is 0 Å². The van der Waals surface area contributed by atoms with Crippen LogP contribution < -0.4 is 0 Å². The van der Waals surface area contributed by atoms with Crippen molar-refractivity contribution < 1.29 is 0 Å². The molecule has 0 unspecified atom stereocenters. The maximum absolute atomic E-state index is 5.44. The van der Waals surface area contributed by atoms with Gasteiger partial charge in [0.15, 0.2) is 10.6 Å². The topological polar surface area (TPSA) is 46.5 Å². The lowest BCUT2D eigenvalue weighted by molar-refractivity contribution is 1.00. The number of benzene rings is 1. The minimum atomic E-state index is 0.594. The zero-order valence-electron chi connectivity index (χ0n) is 12.2. The number of nitrogens with zero attached hydrogens (tertiary/aromatic N) is 3. The molecule has 1 aromatic carbocycles. The van der Waals surface area contributed by atoms with Gasteiger partial charge in [0, 0.05) is 18.0 Å². The summed E-state index contributed by atoms with van der Waals surface area (Å²) in [6, 6.07) is 8.18. The smallest absolute Gasteiger partial charge is 0.200 e. The molecule has 0 amide bonds. The summed E-state index contributed by atoms with van der Waals surface area (Å²) in [6.45, 7) is 6.29. The van der Waals surface area contributed by atoms with Crippen LogP contribution in [0.25, 0.3) is 17.1 Å². The lowest BCUT2D eigenvalue weighted by Gasteiger charge is -2.14. The number of nitrogens with one attached hydrogen (secondary N) is 1. The number of pyridine rings is 1. The average molecular weight is 296 g/mol. The highest BCUT2D eigenvalue weighted by atomic mass is 32.1. The van der Waals surface area contributed by atoms with Gasteiger partial charge in [-0.15, -0.1) is 0 Å². The molecule has 2 aromatic heterocycles. The van der Waals surface area contributed by atoms with Crippen molar-refractivity contribution in [1.82, 2.24) is 19.7 Å². The third kappa shape index (κ3) is 2.40. The molecule has 2 heterocycles. The predicted octanol–water partition coefficient (Wildman–Crippen LogP) is 3.92. The van der Waals surface area contributed by atoms with E-state index in [4.69, 9.17) is 12.2 Å². The van der Waals surface area contributed by atoms with Crippen molar-refractivity contribution in [2.45, 2.75) is 20.8 Å². The van der Waals surface area contributed by atoms with Gasteiger partial charge in [-0.2, -0.15) is 5.10 Å². The number of H-pyrrole nitrogens is 1. The molecule has 0 aliphatic rings. The normalized spacial score (nSPS) is 10.8. The van der Waals surface area contributed by atoms with Gasteiger partial charge in [-0.25, -0.2) is 0 Å². The fourth-order valence-corrected chi connectivity index (χ4v) is 2.95. The van der Waals surface area contributed by atoms with E-state index in [-0.39, 0.29) is 0 Å². The molecule has 1 N–H and O–H groups in total. The molecule has 0 radical (unpaired) electrons. The van der Waals surface area contributed by atoms with Crippen LogP contribution in [0.3, 0.4) is 0 Å². The standard InChI is InChI=1S/C16H16N4S/c1-10-8-11(2)14(12(3)9-10)20-15(18-19-16(20)21)13-4-6-17-7-5-13/h4-9H,1-3H3,(H,19,21). The molecule has 0 saturated carbocycles. The van der Waals surface area contributed by atoms with Gasteiger partial charge in [0.25, 0.3) is 0 Å². The van der Waals surface area contributed by atoms with E-state index in [1.807, 2.05) is 16.7 Å². The van der Waals surface area contributed by atoms with Gasteiger partial charge < -0.3 is 0 Å². The van der Waals surface area contributed by atoms with Gasteiger partial charge in [-0.1, -0.05) is 17.7 Å². The predicted molar refractivity (Wildman–Crippen MR) is 86.2 cm³/mol. The van der Waals surface area contributed by atoms with Gasteiger partial charge in [0.05, 0.1) is 5.69 Å². The molecule has 0 atom stereocenters. The minimum absolute atomic E-state index is 0.594. The van der Waals surface area contributed by atoms with E-state index in [0.29, 0.717) is 4.77 Å². The Labute approximate surface area is 128 Å². The Morgan fingerprint density at radius 2 is 1.67 bits per heavy atom. The second kappa shape index (κ2) is 5.26. The molecule has 0 aliphatic carbocycles. The first-order valence-corrected chi connectivity index (χ1v) is 7.15. The summed E-state index contributed by atoms with van der Waals surface area (Å²) in [5.74, 6) is 0.803. The first-order chi connectivity index (χ1) is 10.1. The van der Waals surface area contributed by atoms with E-state index >= 15 is 0 Å². The lowest BCUT2D eigenvalue weighted by atomic mass is 10.0. The zero-order valence-corrected chi connectivity index (χ0v) is 13.0. The van der Waals surface area contributed by atoms with E-state index < -0.39 is 0 Å². The van der Waals surface area contributed by atoms with E-state index in [0.717, 1.165) is 17.1 Å². The Bertz CT molecular complexity index is 823. The van der Waals surface area contributed by atoms with Crippen molar-refractivity contribution in [2.75, 3.05) is 0 Å². The number of hydrogen-bond donors (Lipinski definition) is 1. The average Bonchev–Trinajstić information content (AvgIpc) is 2.81. The third-order valence-electron chi connectivity index (χ3n) is 3.47. The molecule has 0 spiro atoms. The molecule has 3 rings (SSSR count). The van der Waals surface area contributed by atoms with Crippen molar-refractivity contribution in [3.05, 3.63) is 58.1 Å². The first-order valence-electron chi connectivity index (χ1n) is 6.74. The molecule has 0 saturated heterocycles. The van der Waals surface area contributed by atoms with Gasteiger partial charge >= 0.3 is 0 Å². The number of aromatic nitrogens is 4. The third-order valence-corrected chi connectivity index (χ3v) is 3.74. The quantitative estimate of drug-likeness (QED) is 0.729. The highest BCUT2D eigenvalue weighted by molar-refractivity contribution is 7.71. The van der Waals surface area contributed by atoms with Crippen molar-refractivity contribution in [3.63, 3.8) is 0 Å². The summed E-state index contributed by atoms with van der Waals surface area (Å²) in [5, 5.41) is 7.28. The van der Waals surface area contributed by atoms with Crippen molar-refractivity contribution in [2.24, 2.45) is 0 Å². The second-order valence-corrected chi connectivity index (χ2v) is 5.56. The second-order valence-electron chi connectivity index (χ2n) is 5.17. The van der Waals surface area contributed by atoms with Crippen molar-refractivity contribution >= 4 is 12.2 Å². The Morgan fingerprint density at radius 3 is 2.29 bits per heavy atom. The molecular formula is C16H16N4S. The summed E-state index contributed by atoms with van der Waals surface area (Å²) < 4.78 is 2.59. The van der Waals surface area contributed by atoms with Crippen molar-refractivity contribution in [3.8, 4) is 17.1 Å². The largest absolute Gasteiger partial charge is 0.268 e. The summed E-state index contributed by atoms with van der Waals surface area (Å²) >= 11 is 5.44. The van der Waals surface area contributed by atoms with Crippen molar-refractivity contribution in [1.29, 1.82) is 0 Å². The maximum atomic E-state index is 5.44. The monoisotopic (exact) mass is 296 g/mol. The highest BCUT2D eigenvalue weighted by Gasteiger charge is 2.14. The van der Waals surface area contributed by atoms with Crippen LogP contribution in [-0.4, -0.2) is 19.7 Å². The SMILES string of the molecule is Cc1cc(C)c(-n2c(-c3ccncc3)n[nH]c2=S)c(C)c1. The summed E-state index contributed by atoms with van der Waals surface area (Å²) in [7, 11) is 0. The van der Waals surface area contributed by atoms with Gasteiger partial charge in [-0.3, -0.25) is 14.6 Å². The van der Waals surface area contributed by atoms with E-state index in [9.17, 15) is 0 Å². The Kier molecular flexibility index (Phi) is 3.43. The minimum Gasteiger partial charge on any atom is -0.268 e. The van der Waals surface area contributed by atoms with Gasteiger partial charge in [-0.05, 0) is 56.2 Å². The van der Waals surface area contributed by atoms with E-state index in [2.05, 4.69) is 48.1 Å². The molecule has 5 heteroatoms. The van der Waals surface area contributed by atoms with Crippen LogP contribution >= 0.6 is 12.2 Å². The first kappa shape index (κ1) is 13.7. The van der Waals surface area contributed by atoms with Gasteiger partial charge in [0.2, 0.25) is 0 Å². The maximum Gasteiger partial charge on any atom is 0.200 e. The van der Waals surface area contributed by atoms with Crippen LogP contribution in [0.1, 0.15) is 16.7 Å². The molecule has 21 heavy (non-hydrogen) atoms. The number of aryl methyl sites for hydroxylation is 3. The number of rotatable bonds is 2. The lowest BCUT2D eigenvalue weighted by Crippen LogP contribution is -2.03. The van der Waals surface area contributed by atoms with Crippen LogP contribution in [0.2, 0.25) is 0 Å². The molecule has 0 bridgehead atoms. The summed E-state index contributed by atoms with van der Waals surface area (Å²) in [4.78, 5) is 4.05.